The lowest BCUT2D eigenvalue weighted by atomic mass is 9.80. The first-order valence-electron chi connectivity index (χ1n) is 11.8. The van der Waals surface area contributed by atoms with Gasteiger partial charge in [0.15, 0.2) is 5.54 Å². The molecule has 7 heteroatoms. The van der Waals surface area contributed by atoms with Gasteiger partial charge in [-0.25, -0.2) is 4.90 Å². The number of ether oxygens (including phenoxy) is 1. The van der Waals surface area contributed by atoms with Crippen LogP contribution in [0.5, 0.6) is 0 Å². The second kappa shape index (κ2) is 9.89. The first-order chi connectivity index (χ1) is 17.5. The molecule has 2 aliphatic heterocycles. The third-order valence-electron chi connectivity index (χ3n) is 6.83. The van der Waals surface area contributed by atoms with Crippen molar-refractivity contribution in [2.75, 3.05) is 11.5 Å². The summed E-state index contributed by atoms with van der Waals surface area (Å²) in [5.74, 6) is -4.18. The predicted molar refractivity (Wildman–Crippen MR) is 135 cm³/mol. The van der Waals surface area contributed by atoms with Crippen LogP contribution < -0.4 is 10.2 Å². The van der Waals surface area contributed by atoms with E-state index in [1.54, 1.807) is 36.4 Å². The molecule has 0 spiro atoms. The van der Waals surface area contributed by atoms with Crippen LogP contribution >= 0.6 is 0 Å². The summed E-state index contributed by atoms with van der Waals surface area (Å²) in [5, 5.41) is 13.5. The third kappa shape index (κ3) is 4.23. The van der Waals surface area contributed by atoms with Crippen molar-refractivity contribution in [2.45, 2.75) is 18.2 Å². The molecule has 182 valence electrons. The molecule has 3 aromatic carbocycles. The van der Waals surface area contributed by atoms with E-state index in [0.717, 1.165) is 16.0 Å². The Hall–Kier alpha value is -4.07. The Morgan fingerprint density at radius 1 is 0.917 bits per heavy atom. The smallest absolute Gasteiger partial charge is 0.327 e. The highest BCUT2D eigenvalue weighted by Gasteiger charge is 2.68. The molecule has 2 fully saturated rings. The fraction of sp³-hybridized carbons (Fsp3) is 0.207. The van der Waals surface area contributed by atoms with E-state index in [1.807, 2.05) is 66.7 Å². The van der Waals surface area contributed by atoms with Crippen molar-refractivity contribution in [3.63, 3.8) is 0 Å². The van der Waals surface area contributed by atoms with Crippen LogP contribution in [0.3, 0.4) is 0 Å². The summed E-state index contributed by atoms with van der Waals surface area (Å²) in [5.41, 5.74) is 0.451. The fourth-order valence-corrected chi connectivity index (χ4v) is 5.12. The molecule has 0 saturated carbocycles. The number of amides is 2. The van der Waals surface area contributed by atoms with E-state index >= 15 is 0 Å². The highest BCUT2D eigenvalue weighted by molar-refractivity contribution is 6.24. The second-order valence-electron chi connectivity index (χ2n) is 9.05. The standard InChI is InChI=1S/C29H26N2O5/c32-26-24-23(17-16-20-10-4-1-5-11-20)30-29(28(34)35,19-36-18-21-12-6-2-7-13-21)25(24)27(33)31(26)22-14-8-3-9-15-22/h1-17,23-25,30H,18-19H2,(H,34,35). The summed E-state index contributed by atoms with van der Waals surface area (Å²) in [6.45, 7) is -0.0836. The molecule has 0 aromatic heterocycles. The fourth-order valence-electron chi connectivity index (χ4n) is 5.12. The Kier molecular flexibility index (Phi) is 6.50. The molecule has 3 aromatic rings. The maximum absolute atomic E-state index is 13.7. The van der Waals surface area contributed by atoms with E-state index < -0.39 is 41.2 Å². The van der Waals surface area contributed by atoms with Gasteiger partial charge >= 0.3 is 5.97 Å². The number of aliphatic carboxylic acids is 1. The van der Waals surface area contributed by atoms with Crippen LogP contribution in [0.25, 0.3) is 6.08 Å². The minimum Gasteiger partial charge on any atom is -0.480 e. The molecule has 2 amide bonds. The SMILES string of the molecule is O=C1C2C(C=Cc3ccccc3)NC(COCc3ccccc3)(C(=O)O)C2C(=O)N1c1ccccc1. The number of fused-ring (bicyclic) bond motifs is 1. The quantitative estimate of drug-likeness (QED) is 0.477. The number of carbonyl (C=O) groups excluding carboxylic acids is 2. The van der Waals surface area contributed by atoms with E-state index in [-0.39, 0.29) is 13.2 Å². The molecule has 0 radical (unpaired) electrons. The Morgan fingerprint density at radius 2 is 1.53 bits per heavy atom. The Balaban J connectivity index is 1.50. The molecule has 36 heavy (non-hydrogen) atoms. The molecule has 4 atom stereocenters. The lowest BCUT2D eigenvalue weighted by Gasteiger charge is -2.30. The van der Waals surface area contributed by atoms with E-state index in [9.17, 15) is 19.5 Å². The number of imide groups is 1. The van der Waals surface area contributed by atoms with Gasteiger partial charge in [0.25, 0.3) is 0 Å². The molecule has 2 heterocycles. The van der Waals surface area contributed by atoms with Gasteiger partial charge in [0.1, 0.15) is 0 Å². The average molecular weight is 483 g/mol. The molecule has 7 nitrogen and oxygen atoms in total. The molecule has 5 rings (SSSR count). The first kappa shape index (κ1) is 23.7. The number of para-hydroxylation sites is 1. The average Bonchev–Trinajstić information content (AvgIpc) is 3.38. The summed E-state index contributed by atoms with van der Waals surface area (Å²) in [4.78, 5) is 41.2. The third-order valence-corrected chi connectivity index (χ3v) is 6.83. The topological polar surface area (TPSA) is 95.9 Å². The van der Waals surface area contributed by atoms with Crippen LogP contribution in [0.2, 0.25) is 0 Å². The maximum atomic E-state index is 13.7. The summed E-state index contributed by atoms with van der Waals surface area (Å²) < 4.78 is 5.86. The van der Waals surface area contributed by atoms with Gasteiger partial charge in [0.05, 0.1) is 30.7 Å². The van der Waals surface area contributed by atoms with E-state index in [0.29, 0.717) is 5.69 Å². The Morgan fingerprint density at radius 3 is 2.17 bits per heavy atom. The number of benzene rings is 3. The number of nitrogens with zero attached hydrogens (tertiary/aromatic N) is 1. The normalized spacial score (nSPS) is 25.4. The van der Waals surface area contributed by atoms with Gasteiger partial charge in [-0.05, 0) is 23.3 Å². The van der Waals surface area contributed by atoms with Crippen molar-refractivity contribution in [3.8, 4) is 0 Å². The molecular formula is C29H26N2O5. The van der Waals surface area contributed by atoms with Gasteiger partial charge < -0.3 is 9.84 Å². The van der Waals surface area contributed by atoms with Crippen LogP contribution in [-0.4, -0.2) is 41.1 Å². The molecule has 0 bridgehead atoms. The molecule has 2 N–H and O–H groups in total. The van der Waals surface area contributed by atoms with Crippen molar-refractivity contribution >= 4 is 29.5 Å². The number of hydrogen-bond acceptors (Lipinski definition) is 5. The second-order valence-corrected chi connectivity index (χ2v) is 9.05. The van der Waals surface area contributed by atoms with Gasteiger partial charge in [-0.2, -0.15) is 0 Å². The highest BCUT2D eigenvalue weighted by atomic mass is 16.5. The van der Waals surface area contributed by atoms with E-state index in [1.165, 1.54) is 0 Å². The van der Waals surface area contributed by atoms with Crippen LogP contribution in [-0.2, 0) is 25.7 Å². The van der Waals surface area contributed by atoms with Crippen molar-refractivity contribution in [3.05, 3.63) is 108 Å². The molecule has 2 aliphatic rings. The lowest BCUT2D eigenvalue weighted by Crippen LogP contribution is -2.59. The van der Waals surface area contributed by atoms with Gasteiger partial charge in [0.2, 0.25) is 11.8 Å². The van der Waals surface area contributed by atoms with Crippen LogP contribution in [0.15, 0.2) is 97.1 Å². The highest BCUT2D eigenvalue weighted by Crippen LogP contribution is 2.45. The van der Waals surface area contributed by atoms with Crippen LogP contribution in [0, 0.1) is 11.8 Å². The zero-order chi connectivity index (χ0) is 25.1. The monoisotopic (exact) mass is 482 g/mol. The summed E-state index contributed by atoms with van der Waals surface area (Å²) in [6.07, 6.45) is 3.61. The molecule has 4 unspecified atom stereocenters. The number of anilines is 1. The van der Waals surface area contributed by atoms with Gasteiger partial charge in [0, 0.05) is 6.04 Å². The number of rotatable bonds is 8. The Labute approximate surface area is 209 Å². The van der Waals surface area contributed by atoms with Gasteiger partial charge in [-0.15, -0.1) is 0 Å². The summed E-state index contributed by atoms with van der Waals surface area (Å²) >= 11 is 0. The zero-order valence-corrected chi connectivity index (χ0v) is 19.5. The number of carbonyl (C=O) groups is 3. The largest absolute Gasteiger partial charge is 0.480 e. The van der Waals surface area contributed by atoms with Crippen LogP contribution in [0.4, 0.5) is 5.69 Å². The maximum Gasteiger partial charge on any atom is 0.327 e. The van der Waals surface area contributed by atoms with Crippen molar-refractivity contribution in [2.24, 2.45) is 11.8 Å². The van der Waals surface area contributed by atoms with Crippen molar-refractivity contribution < 1.29 is 24.2 Å². The van der Waals surface area contributed by atoms with Crippen molar-refractivity contribution in [1.29, 1.82) is 0 Å². The van der Waals surface area contributed by atoms with E-state index in [2.05, 4.69) is 5.32 Å². The van der Waals surface area contributed by atoms with Crippen molar-refractivity contribution in [1.82, 2.24) is 5.32 Å². The van der Waals surface area contributed by atoms with Gasteiger partial charge in [-0.3, -0.25) is 19.7 Å². The summed E-state index contributed by atoms with van der Waals surface area (Å²) in [7, 11) is 0. The number of hydrogen-bond donors (Lipinski definition) is 2. The van der Waals surface area contributed by atoms with E-state index in [4.69, 9.17) is 4.74 Å². The minimum atomic E-state index is -1.76. The zero-order valence-electron chi connectivity index (χ0n) is 19.5. The first-order valence-corrected chi connectivity index (χ1v) is 11.8. The number of nitrogens with one attached hydrogen (secondary N) is 1. The summed E-state index contributed by atoms with van der Waals surface area (Å²) in [6, 6.07) is 26.8. The lowest BCUT2D eigenvalue weighted by molar-refractivity contribution is -0.152. The van der Waals surface area contributed by atoms with Gasteiger partial charge in [-0.1, -0.05) is 91.0 Å². The molecule has 2 saturated heterocycles. The van der Waals surface area contributed by atoms with Crippen LogP contribution in [0.1, 0.15) is 11.1 Å². The number of carboxylic acid groups (broad SMARTS) is 1. The predicted octanol–water partition coefficient (Wildman–Crippen LogP) is 3.52. The minimum absolute atomic E-state index is 0.185. The Bertz CT molecular complexity index is 1280. The molecule has 0 aliphatic carbocycles. The number of carboxylic acids is 1. The molecular weight excluding hydrogens is 456 g/mol.